The van der Waals surface area contributed by atoms with Gasteiger partial charge >= 0.3 is 0 Å². The molecule has 11 atom stereocenters. The number of benzene rings is 2. The summed E-state index contributed by atoms with van der Waals surface area (Å²) in [6.07, 6.45) is -8.69. The smallest absolute Gasteiger partial charge is 0.202 e. The van der Waals surface area contributed by atoms with Gasteiger partial charge in [-0.2, -0.15) is 0 Å². The van der Waals surface area contributed by atoms with Crippen molar-refractivity contribution in [2.75, 3.05) is 14.1 Å². The van der Waals surface area contributed by atoms with Gasteiger partial charge in [0.2, 0.25) is 5.78 Å². The lowest BCUT2D eigenvalue weighted by Crippen LogP contribution is -2.57. The van der Waals surface area contributed by atoms with Gasteiger partial charge in [-0.3, -0.25) is 9.59 Å². The molecular formula is C33H41NO13. The van der Waals surface area contributed by atoms with Gasteiger partial charge in [-0.05, 0) is 40.9 Å². The second kappa shape index (κ2) is 12.1. The van der Waals surface area contributed by atoms with Crippen LogP contribution in [0.1, 0.15) is 95.2 Å². The zero-order valence-corrected chi connectivity index (χ0v) is 26.7. The molecule has 0 saturated carbocycles. The molecule has 256 valence electrons. The zero-order chi connectivity index (χ0) is 34.3. The van der Waals surface area contributed by atoms with Crippen LogP contribution in [-0.2, 0) is 18.9 Å². The van der Waals surface area contributed by atoms with Crippen LogP contribution < -0.4 is 0 Å². The van der Waals surface area contributed by atoms with Crippen molar-refractivity contribution in [3.8, 4) is 17.2 Å². The molecule has 0 radical (unpaired) electrons. The Kier molecular flexibility index (Phi) is 8.65. The molecule has 47 heavy (non-hydrogen) atoms. The van der Waals surface area contributed by atoms with E-state index in [4.69, 9.17) is 18.9 Å². The summed E-state index contributed by atoms with van der Waals surface area (Å²) in [5.41, 5.74) is -4.05. The molecule has 2 aliphatic carbocycles. The van der Waals surface area contributed by atoms with Crippen LogP contribution in [0.25, 0.3) is 0 Å². The van der Waals surface area contributed by atoms with E-state index in [0.717, 1.165) is 0 Å². The Bertz CT molecular complexity index is 1580. The summed E-state index contributed by atoms with van der Waals surface area (Å²) in [6.45, 7) is 4.72. The van der Waals surface area contributed by atoms with Crippen molar-refractivity contribution >= 4 is 11.6 Å². The number of hydrogen-bond donors (Lipinski definition) is 7. The topological polar surface area (TPSA) is 216 Å². The van der Waals surface area contributed by atoms with E-state index in [1.54, 1.807) is 13.8 Å². The summed E-state index contributed by atoms with van der Waals surface area (Å²) < 4.78 is 24.6. The molecule has 0 amide bonds. The number of aliphatic hydroxyl groups is 4. The van der Waals surface area contributed by atoms with Crippen molar-refractivity contribution in [3.63, 3.8) is 0 Å². The number of hydrogen-bond acceptors (Lipinski definition) is 14. The van der Waals surface area contributed by atoms with Gasteiger partial charge in [0.05, 0.1) is 46.7 Å². The first-order valence-electron chi connectivity index (χ1n) is 15.6. The van der Waals surface area contributed by atoms with E-state index in [0.29, 0.717) is 0 Å². The molecule has 6 rings (SSSR count). The van der Waals surface area contributed by atoms with Crippen LogP contribution in [0.15, 0.2) is 18.2 Å². The fraction of sp³-hybridized carbons (Fsp3) is 0.576. The maximum atomic E-state index is 13.6. The Balaban J connectivity index is 1.33. The van der Waals surface area contributed by atoms with E-state index in [1.165, 1.54) is 25.1 Å². The van der Waals surface area contributed by atoms with Gasteiger partial charge in [-0.25, -0.2) is 0 Å². The van der Waals surface area contributed by atoms with Crippen molar-refractivity contribution in [1.29, 1.82) is 0 Å². The number of phenolic OH excluding ortho intramolecular Hbond substituents is 3. The van der Waals surface area contributed by atoms with Crippen molar-refractivity contribution in [2.45, 2.75) is 107 Å². The van der Waals surface area contributed by atoms with E-state index in [9.17, 15) is 45.3 Å². The van der Waals surface area contributed by atoms with Crippen molar-refractivity contribution in [1.82, 2.24) is 4.90 Å². The molecule has 7 N–H and O–H groups in total. The Morgan fingerprint density at radius 2 is 1.47 bits per heavy atom. The van der Waals surface area contributed by atoms with Gasteiger partial charge in [0.15, 0.2) is 18.4 Å². The van der Waals surface area contributed by atoms with Gasteiger partial charge in [0.1, 0.15) is 35.6 Å². The lowest BCUT2D eigenvalue weighted by atomic mass is 9.72. The molecule has 4 aliphatic rings. The van der Waals surface area contributed by atoms with Gasteiger partial charge in [-0.1, -0.05) is 12.1 Å². The Morgan fingerprint density at radius 3 is 2.13 bits per heavy atom. The predicted molar refractivity (Wildman–Crippen MR) is 161 cm³/mol. The fourth-order valence-corrected chi connectivity index (χ4v) is 7.33. The van der Waals surface area contributed by atoms with Crippen molar-refractivity contribution < 1.29 is 64.3 Å². The average molecular weight is 660 g/mol. The molecule has 0 aromatic heterocycles. The number of ketones is 2. The highest BCUT2D eigenvalue weighted by molar-refractivity contribution is 6.31. The molecule has 2 aromatic carbocycles. The number of aromatic hydroxyl groups is 3. The van der Waals surface area contributed by atoms with Crippen LogP contribution in [0, 0.1) is 0 Å². The predicted octanol–water partition coefficient (Wildman–Crippen LogP) is 1.13. The maximum Gasteiger partial charge on any atom is 0.202 e. The molecule has 0 bridgehead atoms. The van der Waals surface area contributed by atoms with Crippen LogP contribution >= 0.6 is 0 Å². The molecule has 2 unspecified atom stereocenters. The van der Waals surface area contributed by atoms with Gasteiger partial charge in [0, 0.05) is 42.0 Å². The second-order valence-electron chi connectivity index (χ2n) is 13.4. The fourth-order valence-electron chi connectivity index (χ4n) is 7.33. The normalized spacial score (nSPS) is 37.0. The summed E-state index contributed by atoms with van der Waals surface area (Å²) in [5.74, 6) is -3.74. The van der Waals surface area contributed by atoms with E-state index in [2.05, 4.69) is 0 Å². The summed E-state index contributed by atoms with van der Waals surface area (Å²) in [5, 5.41) is 76.3. The SMILES string of the molecule is C[C@@H]1O[C@@H](O[C@@H]2[C@H](C)O[C@@H](OC3C[C@@](C)(O)C(O)c4c(O)c5c(c(O)c43)C(=O)c3c(O)cccc3C5=O)C[C@@H]2N(C)C)C[C@H](O)[C@@H]1O. The Labute approximate surface area is 270 Å². The molecule has 2 fully saturated rings. The average Bonchev–Trinajstić information content (AvgIpc) is 2.99. The monoisotopic (exact) mass is 659 g/mol. The van der Waals surface area contributed by atoms with E-state index in [-0.39, 0.29) is 47.6 Å². The van der Waals surface area contributed by atoms with Gasteiger partial charge in [0.25, 0.3) is 0 Å². The minimum Gasteiger partial charge on any atom is -0.507 e. The molecule has 2 saturated heterocycles. The molecule has 14 nitrogen and oxygen atoms in total. The summed E-state index contributed by atoms with van der Waals surface area (Å²) in [7, 11) is 3.67. The maximum absolute atomic E-state index is 13.6. The minimum atomic E-state index is -1.90. The highest BCUT2D eigenvalue weighted by Gasteiger charge is 2.51. The second-order valence-corrected chi connectivity index (χ2v) is 13.4. The van der Waals surface area contributed by atoms with Crippen molar-refractivity contribution in [2.24, 2.45) is 0 Å². The molecule has 2 aromatic rings. The van der Waals surface area contributed by atoms with Gasteiger partial charge in [-0.15, -0.1) is 0 Å². The van der Waals surface area contributed by atoms with Crippen LogP contribution in [0.5, 0.6) is 17.2 Å². The zero-order valence-electron chi connectivity index (χ0n) is 26.7. The largest absolute Gasteiger partial charge is 0.507 e. The van der Waals surface area contributed by atoms with E-state index >= 15 is 0 Å². The van der Waals surface area contributed by atoms with Crippen LogP contribution in [0.3, 0.4) is 0 Å². The number of nitrogens with zero attached hydrogens (tertiary/aromatic N) is 1. The number of carbonyl (C=O) groups excluding carboxylic acids is 2. The molecular weight excluding hydrogens is 618 g/mol. The third-order valence-electron chi connectivity index (χ3n) is 9.88. The number of ether oxygens (including phenoxy) is 4. The minimum absolute atomic E-state index is 0.0572. The summed E-state index contributed by atoms with van der Waals surface area (Å²) in [4.78, 5) is 29.1. The highest BCUT2D eigenvalue weighted by Crippen LogP contribution is 2.55. The number of likely N-dealkylation sites (N-methyl/N-ethyl adjacent to an activating group) is 1. The standard InChI is InChI=1S/C33H41NO13/c1-12-26(37)17(36)10-20(44-12)47-31-13(2)45-19(9-15(31)34(4)5)46-18-11-33(3,43)32(42)25-22(18)29(40)24-23(30(25)41)27(38)14-7-6-8-16(35)21(14)28(24)39/h6-8,12-13,15,17-20,26,31-32,35-37,40-43H,9-11H2,1-5H3/t12-,13-,15-,17-,18?,19-,20-,26+,31+,32?,33+/m0/s1. The number of phenols is 3. The van der Waals surface area contributed by atoms with Crippen molar-refractivity contribution in [3.05, 3.63) is 51.6 Å². The first-order valence-corrected chi connectivity index (χ1v) is 15.6. The molecule has 14 heteroatoms. The van der Waals surface area contributed by atoms with Gasteiger partial charge < -0.3 is 59.6 Å². The molecule has 0 spiro atoms. The summed E-state index contributed by atoms with van der Waals surface area (Å²) in [6, 6.07) is 3.56. The molecule has 2 aliphatic heterocycles. The quantitative estimate of drug-likeness (QED) is 0.191. The molecule has 2 heterocycles. The van der Waals surface area contributed by atoms with E-state index < -0.39 is 101 Å². The Morgan fingerprint density at radius 1 is 0.851 bits per heavy atom. The van der Waals surface area contributed by atoms with Crippen LogP contribution in [0.4, 0.5) is 0 Å². The number of aliphatic hydroxyl groups excluding tert-OH is 3. The third-order valence-corrected chi connectivity index (χ3v) is 9.88. The first kappa shape index (κ1) is 33.7. The number of rotatable bonds is 5. The summed E-state index contributed by atoms with van der Waals surface area (Å²) >= 11 is 0. The highest BCUT2D eigenvalue weighted by atomic mass is 16.7. The first-order chi connectivity index (χ1) is 22.0. The third kappa shape index (κ3) is 5.51. The number of fused-ring (bicyclic) bond motifs is 3. The van der Waals surface area contributed by atoms with E-state index in [1.807, 2.05) is 19.0 Å². The Hall–Kier alpha value is -3.18. The van der Waals surface area contributed by atoms with Crippen LogP contribution in [-0.4, -0.2) is 121 Å². The lowest BCUT2D eigenvalue weighted by molar-refractivity contribution is -0.311. The lowest BCUT2D eigenvalue weighted by Gasteiger charge is -2.47. The van der Waals surface area contributed by atoms with Crippen LogP contribution in [0.2, 0.25) is 0 Å². The number of carbonyl (C=O) groups is 2.